The van der Waals surface area contributed by atoms with Gasteiger partial charge in [-0.05, 0) is 105 Å². The lowest BCUT2D eigenvalue weighted by atomic mass is 10.0. The van der Waals surface area contributed by atoms with Crippen molar-refractivity contribution in [2.24, 2.45) is 5.92 Å². The number of alkyl carbamates (subject to hydrolysis) is 1. The number of unbranched alkanes of at least 4 members (excludes halogenated alkanes) is 9. The number of allylic oxidation sites excluding steroid dienone is 4. The molecular formula is C62H88N4O9. The van der Waals surface area contributed by atoms with E-state index in [0.717, 1.165) is 73.3 Å². The third-order valence-corrected chi connectivity index (χ3v) is 12.4. The molecule has 75 heavy (non-hydrogen) atoms. The second kappa shape index (κ2) is 36.8. The first-order valence-electron chi connectivity index (χ1n) is 27.6. The van der Waals surface area contributed by atoms with E-state index < -0.39 is 35.8 Å². The van der Waals surface area contributed by atoms with Crippen molar-refractivity contribution in [2.75, 3.05) is 52.7 Å². The van der Waals surface area contributed by atoms with E-state index in [9.17, 15) is 19.2 Å². The molecule has 4 N–H and O–H groups in total. The molecule has 0 saturated carbocycles. The third kappa shape index (κ3) is 27.9. The van der Waals surface area contributed by atoms with Crippen LogP contribution in [0.2, 0.25) is 0 Å². The molecule has 4 amide bonds. The summed E-state index contributed by atoms with van der Waals surface area (Å²) in [5.74, 6) is -0.00152. The average Bonchev–Trinajstić information content (AvgIpc) is 3.40. The van der Waals surface area contributed by atoms with Gasteiger partial charge in [0.2, 0.25) is 17.7 Å². The molecule has 0 fully saturated rings. The van der Waals surface area contributed by atoms with Crippen LogP contribution in [0.15, 0.2) is 121 Å². The minimum absolute atomic E-state index is 0.0786. The highest BCUT2D eigenvalue weighted by molar-refractivity contribution is 5.91. The van der Waals surface area contributed by atoms with Gasteiger partial charge in [-0.15, -0.1) is 0 Å². The van der Waals surface area contributed by atoms with Crippen molar-refractivity contribution >= 4 is 34.6 Å². The first-order valence-corrected chi connectivity index (χ1v) is 27.6. The predicted octanol–water partition coefficient (Wildman–Crippen LogP) is 11.8. The molecule has 13 heteroatoms. The van der Waals surface area contributed by atoms with E-state index in [1.807, 2.05) is 111 Å². The van der Waals surface area contributed by atoms with E-state index in [4.69, 9.17) is 23.7 Å². The van der Waals surface area contributed by atoms with Gasteiger partial charge >= 0.3 is 6.09 Å². The minimum atomic E-state index is -0.905. The SMILES string of the molecule is CCCCC/C=C/CC/C=C/CCCCCCCOC(=O)NCCOC(OCCNC(=O)CNC(=O)C(Cc1ccccc1)NC(=O)Cc1ccc2ccccc2c1)c1ccc(OCC(C)(C)OCCC(C)C)cc1. The lowest BCUT2D eigenvalue weighted by Gasteiger charge is -2.26. The number of nitrogens with one attached hydrogen (secondary N) is 4. The molecule has 0 aromatic heterocycles. The Bertz CT molecular complexity index is 2280. The van der Waals surface area contributed by atoms with Gasteiger partial charge in [0.1, 0.15) is 18.4 Å². The molecule has 0 spiro atoms. The van der Waals surface area contributed by atoms with Gasteiger partial charge in [-0.1, -0.05) is 162 Å². The summed E-state index contributed by atoms with van der Waals surface area (Å²) in [6, 6.07) is 29.7. The number of carbonyl (C=O) groups is 4. The van der Waals surface area contributed by atoms with Crippen molar-refractivity contribution in [3.63, 3.8) is 0 Å². The van der Waals surface area contributed by atoms with Crippen LogP contribution in [0.1, 0.15) is 141 Å². The van der Waals surface area contributed by atoms with Crippen LogP contribution < -0.4 is 26.0 Å². The maximum Gasteiger partial charge on any atom is 0.407 e. The van der Waals surface area contributed by atoms with Gasteiger partial charge in [0, 0.05) is 31.7 Å². The fourth-order valence-corrected chi connectivity index (χ4v) is 7.99. The summed E-state index contributed by atoms with van der Waals surface area (Å²) in [6.07, 6.45) is 22.8. The largest absolute Gasteiger partial charge is 0.491 e. The van der Waals surface area contributed by atoms with Crippen LogP contribution in [-0.2, 0) is 46.2 Å². The van der Waals surface area contributed by atoms with Crippen LogP contribution in [0, 0.1) is 5.92 Å². The van der Waals surface area contributed by atoms with E-state index in [1.54, 1.807) is 0 Å². The van der Waals surface area contributed by atoms with Crippen LogP contribution in [0.3, 0.4) is 0 Å². The monoisotopic (exact) mass is 1030 g/mol. The Kier molecular flexibility index (Phi) is 30.2. The molecule has 0 aliphatic heterocycles. The lowest BCUT2D eigenvalue weighted by Crippen LogP contribution is -2.50. The van der Waals surface area contributed by atoms with Gasteiger partial charge in [-0.25, -0.2) is 4.79 Å². The van der Waals surface area contributed by atoms with Crippen molar-refractivity contribution in [2.45, 2.75) is 149 Å². The Morgan fingerprint density at radius 1 is 0.613 bits per heavy atom. The normalized spacial score (nSPS) is 12.5. The van der Waals surface area contributed by atoms with E-state index >= 15 is 0 Å². The molecule has 4 rings (SSSR count). The van der Waals surface area contributed by atoms with Gasteiger partial charge in [0.15, 0.2) is 6.29 Å². The molecule has 410 valence electrons. The Hall–Kier alpha value is -6.02. The molecule has 0 bridgehead atoms. The second-order valence-electron chi connectivity index (χ2n) is 20.1. The average molecular weight is 1030 g/mol. The highest BCUT2D eigenvalue weighted by Crippen LogP contribution is 2.24. The minimum Gasteiger partial charge on any atom is -0.491 e. The van der Waals surface area contributed by atoms with Crippen LogP contribution >= 0.6 is 0 Å². The fourth-order valence-electron chi connectivity index (χ4n) is 7.99. The zero-order valence-corrected chi connectivity index (χ0v) is 45.7. The third-order valence-electron chi connectivity index (χ3n) is 12.4. The summed E-state index contributed by atoms with van der Waals surface area (Å²) >= 11 is 0. The summed E-state index contributed by atoms with van der Waals surface area (Å²) in [6.45, 7) is 12.2. The Balaban J connectivity index is 1.19. The molecule has 2 atom stereocenters. The fraction of sp³-hybridized carbons (Fsp3) is 0.516. The summed E-state index contributed by atoms with van der Waals surface area (Å²) in [5.41, 5.74) is 1.93. The number of ether oxygens (including phenoxy) is 5. The molecule has 13 nitrogen and oxygen atoms in total. The number of carbonyl (C=O) groups excluding carboxylic acids is 4. The van der Waals surface area contributed by atoms with Crippen molar-refractivity contribution in [1.82, 2.24) is 21.3 Å². The molecule has 0 aliphatic rings. The van der Waals surface area contributed by atoms with Crippen molar-refractivity contribution in [3.05, 3.63) is 138 Å². The lowest BCUT2D eigenvalue weighted by molar-refractivity contribution is -0.146. The maximum atomic E-state index is 13.5. The molecular weight excluding hydrogens is 945 g/mol. The van der Waals surface area contributed by atoms with Gasteiger partial charge in [0.25, 0.3) is 0 Å². The van der Waals surface area contributed by atoms with Gasteiger partial charge in [0.05, 0.1) is 38.4 Å². The van der Waals surface area contributed by atoms with E-state index in [1.165, 1.54) is 32.1 Å². The van der Waals surface area contributed by atoms with Gasteiger partial charge in [-0.3, -0.25) is 14.4 Å². The first-order chi connectivity index (χ1) is 36.4. The van der Waals surface area contributed by atoms with Crippen LogP contribution in [0.25, 0.3) is 10.8 Å². The summed E-state index contributed by atoms with van der Waals surface area (Å²) in [4.78, 5) is 52.3. The number of benzene rings is 4. The number of hydrogen-bond donors (Lipinski definition) is 4. The predicted molar refractivity (Wildman–Crippen MR) is 301 cm³/mol. The molecule has 0 saturated heterocycles. The van der Waals surface area contributed by atoms with Gasteiger partial charge in [-0.2, -0.15) is 0 Å². The first kappa shape index (κ1) is 61.5. The van der Waals surface area contributed by atoms with Crippen LogP contribution in [0.5, 0.6) is 5.75 Å². The number of amides is 4. The van der Waals surface area contributed by atoms with Crippen molar-refractivity contribution < 1.29 is 42.9 Å². The van der Waals surface area contributed by atoms with E-state index in [-0.39, 0.29) is 51.6 Å². The van der Waals surface area contributed by atoms with Crippen molar-refractivity contribution in [1.29, 1.82) is 0 Å². The van der Waals surface area contributed by atoms with Crippen LogP contribution in [0.4, 0.5) is 4.79 Å². The Labute approximate surface area is 448 Å². The number of hydrogen-bond acceptors (Lipinski definition) is 9. The topological polar surface area (TPSA) is 163 Å². The zero-order chi connectivity index (χ0) is 53.8. The quantitative estimate of drug-likeness (QED) is 0.0194. The number of fused-ring (bicyclic) bond motifs is 1. The molecule has 0 aliphatic carbocycles. The van der Waals surface area contributed by atoms with E-state index in [0.29, 0.717) is 37.1 Å². The summed E-state index contributed by atoms with van der Waals surface area (Å²) in [5, 5.41) is 13.2. The molecule has 4 aromatic rings. The Morgan fingerprint density at radius 3 is 1.96 bits per heavy atom. The highest BCUT2D eigenvalue weighted by atomic mass is 16.7. The van der Waals surface area contributed by atoms with Crippen LogP contribution in [-0.4, -0.2) is 88.1 Å². The maximum absolute atomic E-state index is 13.5. The molecule has 0 radical (unpaired) electrons. The molecule has 2 unspecified atom stereocenters. The van der Waals surface area contributed by atoms with Gasteiger partial charge < -0.3 is 45.0 Å². The summed E-state index contributed by atoms with van der Waals surface area (Å²) < 4.78 is 29.8. The Morgan fingerprint density at radius 2 is 1.25 bits per heavy atom. The highest BCUT2D eigenvalue weighted by Gasteiger charge is 2.23. The molecule has 4 aromatic carbocycles. The standard InChI is InChI=1S/C62H88N4O9/c1-6-7-8-9-10-11-12-13-14-15-16-17-18-19-20-26-40-73-61(70)64-39-43-72-60(53-33-35-55(36-34-53)74-48-62(4,5)75-41-37-49(2)3)71-42-38-63-58(68)47-65-59(69)56(45-50-27-22-21-23-28-50)66-57(67)46-51-31-32-52-29-24-25-30-54(52)44-51/h10-11,14-15,21-25,27-36,44,49,56,60H,6-9,12-13,16-20,26,37-43,45-48H2,1-5H3,(H,63,68)(H,64,70)(H,65,69)(H,66,67)/b11-10+,15-14+. The number of rotatable bonds is 39. The second-order valence-corrected chi connectivity index (χ2v) is 20.1. The van der Waals surface area contributed by atoms with Crippen molar-refractivity contribution in [3.8, 4) is 5.75 Å². The zero-order valence-electron chi connectivity index (χ0n) is 45.7. The smallest absolute Gasteiger partial charge is 0.407 e. The molecule has 0 heterocycles. The van der Waals surface area contributed by atoms with E-state index in [2.05, 4.69) is 66.3 Å². The summed E-state index contributed by atoms with van der Waals surface area (Å²) in [7, 11) is 0.